The Balaban J connectivity index is 2.62. The van der Waals surface area contributed by atoms with Gasteiger partial charge in [0.25, 0.3) is 6.43 Å². The zero-order valence-corrected chi connectivity index (χ0v) is 10.3. The van der Waals surface area contributed by atoms with Crippen LogP contribution in [-0.2, 0) is 6.54 Å². The van der Waals surface area contributed by atoms with Gasteiger partial charge in [0.05, 0.1) is 0 Å². The summed E-state index contributed by atoms with van der Waals surface area (Å²) in [5.41, 5.74) is -1.25. The highest BCUT2D eigenvalue weighted by atomic mass is 19.3. The van der Waals surface area contributed by atoms with E-state index in [1.54, 1.807) is 0 Å². The summed E-state index contributed by atoms with van der Waals surface area (Å²) < 4.78 is 26.5. The lowest BCUT2D eigenvalue weighted by Gasteiger charge is -2.05. The molecular weight excluding hydrogens is 244 g/mol. The molecule has 0 saturated heterocycles. The number of aryl methyl sites for hydroxylation is 1. The van der Waals surface area contributed by atoms with Gasteiger partial charge in [-0.05, 0) is 6.42 Å². The third-order valence-corrected chi connectivity index (χ3v) is 2.66. The molecule has 1 N–H and O–H groups in total. The Labute approximate surface area is 104 Å². The summed E-state index contributed by atoms with van der Waals surface area (Å²) in [6, 6.07) is 0. The summed E-state index contributed by atoms with van der Waals surface area (Å²) in [5.74, 6) is -1.47. The average Bonchev–Trinajstić information content (AvgIpc) is 2.72. The zero-order valence-electron chi connectivity index (χ0n) is 10.3. The lowest BCUT2D eigenvalue weighted by molar-refractivity contribution is 0.0675. The first kappa shape index (κ1) is 14.5. The summed E-state index contributed by atoms with van der Waals surface area (Å²) in [7, 11) is 0. The summed E-state index contributed by atoms with van der Waals surface area (Å²) in [6.07, 6.45) is 2.00. The molecule has 0 unspecified atom stereocenters. The Bertz CT molecular complexity index is 394. The molecule has 18 heavy (non-hydrogen) atoms. The lowest BCUT2D eigenvalue weighted by atomic mass is 10.1. The van der Waals surface area contributed by atoms with E-state index in [1.165, 1.54) is 0 Å². The quantitative estimate of drug-likeness (QED) is 0.730. The van der Waals surface area contributed by atoms with Gasteiger partial charge in [-0.2, -0.15) is 0 Å². The molecule has 7 heteroatoms. The Morgan fingerprint density at radius 1 is 1.33 bits per heavy atom. The number of nitrogens with zero attached hydrogens (tertiary/aromatic N) is 3. The molecule has 1 rings (SSSR count). The molecule has 0 spiro atoms. The van der Waals surface area contributed by atoms with Crippen molar-refractivity contribution in [2.24, 2.45) is 0 Å². The second-order valence-corrected chi connectivity index (χ2v) is 4.07. The van der Waals surface area contributed by atoms with Gasteiger partial charge >= 0.3 is 5.97 Å². The lowest BCUT2D eigenvalue weighted by Crippen LogP contribution is -2.09. The van der Waals surface area contributed by atoms with Crippen molar-refractivity contribution in [3.05, 3.63) is 11.4 Å². The maximum Gasteiger partial charge on any atom is 0.358 e. The fourth-order valence-corrected chi connectivity index (χ4v) is 1.72. The maximum atomic E-state index is 12.7. The van der Waals surface area contributed by atoms with Crippen LogP contribution in [-0.4, -0.2) is 26.1 Å². The second-order valence-electron chi connectivity index (χ2n) is 4.07. The first-order valence-electron chi connectivity index (χ1n) is 6.02. The van der Waals surface area contributed by atoms with Crippen LogP contribution in [0.25, 0.3) is 0 Å². The SMILES string of the molecule is CCCCCCCn1nnc(C(=O)O)c1C(F)F. The molecule has 102 valence electrons. The van der Waals surface area contributed by atoms with Gasteiger partial charge in [-0.15, -0.1) is 5.10 Å². The van der Waals surface area contributed by atoms with Gasteiger partial charge in [0.2, 0.25) is 0 Å². The van der Waals surface area contributed by atoms with Crippen molar-refractivity contribution in [1.82, 2.24) is 15.0 Å². The van der Waals surface area contributed by atoms with Crippen LogP contribution in [0.3, 0.4) is 0 Å². The van der Waals surface area contributed by atoms with E-state index in [4.69, 9.17) is 5.11 Å². The van der Waals surface area contributed by atoms with Gasteiger partial charge in [-0.25, -0.2) is 18.3 Å². The fraction of sp³-hybridized carbons (Fsp3) is 0.727. The molecule has 0 amide bonds. The van der Waals surface area contributed by atoms with Crippen LogP contribution in [0.1, 0.15) is 61.6 Å². The number of carbonyl (C=O) groups is 1. The Morgan fingerprint density at radius 3 is 2.56 bits per heavy atom. The molecule has 0 atom stereocenters. The number of rotatable bonds is 8. The highest BCUT2D eigenvalue weighted by Crippen LogP contribution is 2.21. The van der Waals surface area contributed by atoms with Crippen molar-refractivity contribution in [3.63, 3.8) is 0 Å². The van der Waals surface area contributed by atoms with Gasteiger partial charge in [0.1, 0.15) is 5.69 Å². The van der Waals surface area contributed by atoms with Crippen molar-refractivity contribution in [3.8, 4) is 0 Å². The van der Waals surface area contributed by atoms with Crippen molar-refractivity contribution in [2.45, 2.75) is 52.0 Å². The third-order valence-electron chi connectivity index (χ3n) is 2.66. The third kappa shape index (κ3) is 3.75. The highest BCUT2D eigenvalue weighted by molar-refractivity contribution is 5.86. The molecule has 0 aromatic carbocycles. The predicted octanol–water partition coefficient (Wildman–Crippen LogP) is 2.88. The molecule has 1 aromatic heterocycles. The summed E-state index contributed by atoms with van der Waals surface area (Å²) in [6.45, 7) is 2.37. The topological polar surface area (TPSA) is 68.0 Å². The van der Waals surface area contributed by atoms with Gasteiger partial charge in [-0.1, -0.05) is 37.8 Å². The highest BCUT2D eigenvalue weighted by Gasteiger charge is 2.25. The Hall–Kier alpha value is -1.53. The van der Waals surface area contributed by atoms with Crippen LogP contribution in [0.2, 0.25) is 0 Å². The summed E-state index contributed by atoms with van der Waals surface area (Å²) in [5, 5.41) is 15.5. The van der Waals surface area contributed by atoms with E-state index in [-0.39, 0.29) is 6.54 Å². The molecule has 0 saturated carbocycles. The van der Waals surface area contributed by atoms with Crippen molar-refractivity contribution >= 4 is 5.97 Å². The summed E-state index contributed by atoms with van der Waals surface area (Å²) >= 11 is 0. The standard InChI is InChI=1S/C11H17F2N3O2/c1-2-3-4-5-6-7-16-9(10(12)13)8(11(17)18)14-15-16/h10H,2-7H2,1H3,(H,17,18). The molecule has 0 aliphatic rings. The predicted molar refractivity (Wildman–Crippen MR) is 60.7 cm³/mol. The molecule has 5 nitrogen and oxygen atoms in total. The molecule has 1 aromatic rings. The van der Waals surface area contributed by atoms with Gasteiger partial charge in [0.15, 0.2) is 5.69 Å². The monoisotopic (exact) mass is 261 g/mol. The second kappa shape index (κ2) is 7.03. The molecule has 0 fully saturated rings. The minimum atomic E-state index is -2.87. The van der Waals surface area contributed by atoms with E-state index >= 15 is 0 Å². The van der Waals surface area contributed by atoms with Crippen molar-refractivity contribution < 1.29 is 18.7 Å². The number of hydrogen-bond donors (Lipinski definition) is 1. The molecule has 1 heterocycles. The number of aromatic nitrogens is 3. The van der Waals surface area contributed by atoms with E-state index in [2.05, 4.69) is 17.2 Å². The van der Waals surface area contributed by atoms with E-state index < -0.39 is 23.8 Å². The first-order valence-corrected chi connectivity index (χ1v) is 6.02. The number of carboxylic acids is 1. The van der Waals surface area contributed by atoms with Crippen LogP contribution in [0.4, 0.5) is 8.78 Å². The molecular formula is C11H17F2N3O2. The molecule has 0 radical (unpaired) electrons. The normalized spacial score (nSPS) is 11.1. The minimum Gasteiger partial charge on any atom is -0.476 e. The van der Waals surface area contributed by atoms with E-state index in [0.29, 0.717) is 6.42 Å². The van der Waals surface area contributed by atoms with Crippen LogP contribution in [0.15, 0.2) is 0 Å². The largest absolute Gasteiger partial charge is 0.476 e. The number of carboxylic acid groups (broad SMARTS) is 1. The summed E-state index contributed by atoms with van der Waals surface area (Å²) in [4.78, 5) is 10.7. The number of aromatic carboxylic acids is 1. The first-order chi connectivity index (χ1) is 8.57. The number of alkyl halides is 2. The van der Waals surface area contributed by atoms with Crippen LogP contribution in [0, 0.1) is 0 Å². The van der Waals surface area contributed by atoms with Crippen LogP contribution >= 0.6 is 0 Å². The zero-order chi connectivity index (χ0) is 13.5. The smallest absolute Gasteiger partial charge is 0.358 e. The molecule has 0 bridgehead atoms. The Morgan fingerprint density at radius 2 is 2.00 bits per heavy atom. The minimum absolute atomic E-state index is 0.281. The Kier molecular flexibility index (Phi) is 5.67. The van der Waals surface area contributed by atoms with Crippen molar-refractivity contribution in [2.75, 3.05) is 0 Å². The number of hydrogen-bond acceptors (Lipinski definition) is 3. The van der Waals surface area contributed by atoms with E-state index in [9.17, 15) is 13.6 Å². The van der Waals surface area contributed by atoms with Gasteiger partial charge < -0.3 is 5.11 Å². The van der Waals surface area contributed by atoms with Crippen LogP contribution < -0.4 is 0 Å². The van der Waals surface area contributed by atoms with E-state index in [1.807, 2.05) is 0 Å². The van der Waals surface area contributed by atoms with Gasteiger partial charge in [-0.3, -0.25) is 0 Å². The van der Waals surface area contributed by atoms with Gasteiger partial charge in [0, 0.05) is 6.54 Å². The van der Waals surface area contributed by atoms with Crippen molar-refractivity contribution in [1.29, 1.82) is 0 Å². The number of unbranched alkanes of at least 4 members (excludes halogenated alkanes) is 4. The van der Waals surface area contributed by atoms with E-state index in [0.717, 1.165) is 30.4 Å². The van der Waals surface area contributed by atoms with Crippen LogP contribution in [0.5, 0.6) is 0 Å². The average molecular weight is 261 g/mol. The maximum absolute atomic E-state index is 12.7. The number of halogens is 2. The molecule has 0 aliphatic carbocycles. The molecule has 0 aliphatic heterocycles. The fourth-order valence-electron chi connectivity index (χ4n) is 1.72.